The Balaban J connectivity index is 3.25. The lowest BCUT2D eigenvalue weighted by Gasteiger charge is -1.79. The highest BCUT2D eigenvalue weighted by molar-refractivity contribution is 6.55. The van der Waals surface area contributed by atoms with Crippen LogP contribution in [-0.2, 0) is 4.79 Å². The predicted octanol–water partition coefficient (Wildman–Crippen LogP) is 1.01. The number of rotatable bonds is 2. The first-order chi connectivity index (χ1) is 3.27. The zero-order valence-electron chi connectivity index (χ0n) is 3.32. The minimum absolute atomic E-state index is 0.0344. The number of amides is 1. The summed E-state index contributed by atoms with van der Waals surface area (Å²) < 4.78 is 0.0344. The molecular weight excluding hydrogens is 137 g/mol. The van der Waals surface area contributed by atoms with Crippen LogP contribution in [0, 0.1) is 0 Å². The lowest BCUT2D eigenvalue weighted by atomic mass is 11.0. The van der Waals surface area contributed by atoms with Gasteiger partial charge < -0.3 is 5.32 Å². The van der Waals surface area contributed by atoms with E-state index >= 15 is 0 Å². The molecule has 0 atom stereocenters. The largest absolute Gasteiger partial charge is 0.333 e. The second-order valence-corrected chi connectivity index (χ2v) is 1.73. The van der Waals surface area contributed by atoms with Crippen LogP contribution in [0.1, 0.15) is 0 Å². The van der Waals surface area contributed by atoms with Crippen LogP contribution in [0.4, 0.5) is 0 Å². The monoisotopic (exact) mass is 139 g/mol. The van der Waals surface area contributed by atoms with Crippen LogP contribution in [0.2, 0.25) is 0 Å². The molecule has 0 rings (SSSR count). The summed E-state index contributed by atoms with van der Waals surface area (Å²) >= 11 is 10.1. The number of hydrogen-bond acceptors (Lipinski definition) is 1. The maximum absolute atomic E-state index is 9.44. The molecule has 0 unspecified atom stereocenters. The summed E-state index contributed by atoms with van der Waals surface area (Å²) in [5, 5.41) is 2.14. The van der Waals surface area contributed by atoms with E-state index in [2.05, 4.69) is 5.32 Å². The first-order valence-corrected chi connectivity index (χ1v) is 2.24. The molecule has 7 heavy (non-hydrogen) atoms. The third-order valence-electron chi connectivity index (χ3n) is 0.260. The van der Waals surface area contributed by atoms with E-state index in [4.69, 9.17) is 23.2 Å². The van der Waals surface area contributed by atoms with Gasteiger partial charge in [0.05, 0.1) is 0 Å². The summed E-state index contributed by atoms with van der Waals surface area (Å²) in [6.45, 7) is 0. The molecule has 0 saturated heterocycles. The van der Waals surface area contributed by atoms with Crippen molar-refractivity contribution in [1.82, 2.24) is 5.32 Å². The van der Waals surface area contributed by atoms with Crippen LogP contribution in [0.5, 0.6) is 0 Å². The molecule has 1 amide bonds. The van der Waals surface area contributed by atoms with Crippen LogP contribution in [-0.4, -0.2) is 6.41 Å². The molecule has 40 valence electrons. The summed E-state index contributed by atoms with van der Waals surface area (Å²) in [5.41, 5.74) is 0. The maximum Gasteiger partial charge on any atom is 0.211 e. The fourth-order valence-corrected chi connectivity index (χ4v) is 0.223. The van der Waals surface area contributed by atoms with Gasteiger partial charge in [-0.25, -0.2) is 0 Å². The minimum Gasteiger partial charge on any atom is -0.333 e. The highest BCUT2D eigenvalue weighted by Crippen LogP contribution is 2.02. The van der Waals surface area contributed by atoms with Crippen molar-refractivity contribution in [2.75, 3.05) is 0 Å². The van der Waals surface area contributed by atoms with Crippen molar-refractivity contribution in [1.29, 1.82) is 0 Å². The van der Waals surface area contributed by atoms with Crippen LogP contribution in [0.25, 0.3) is 0 Å². The molecule has 0 fully saturated rings. The zero-order valence-corrected chi connectivity index (χ0v) is 4.83. The summed E-state index contributed by atoms with van der Waals surface area (Å²) in [6.07, 6.45) is 1.65. The van der Waals surface area contributed by atoms with E-state index in [1.165, 1.54) is 6.20 Å². The van der Waals surface area contributed by atoms with E-state index in [9.17, 15) is 4.79 Å². The molecule has 0 bridgehead atoms. The molecule has 0 aliphatic rings. The van der Waals surface area contributed by atoms with Crippen molar-refractivity contribution in [2.24, 2.45) is 0 Å². The molecule has 0 aliphatic carbocycles. The Morgan fingerprint density at radius 3 is 2.29 bits per heavy atom. The van der Waals surface area contributed by atoms with E-state index in [0.717, 1.165) is 0 Å². The van der Waals surface area contributed by atoms with Crippen molar-refractivity contribution in [3.63, 3.8) is 0 Å². The lowest BCUT2D eigenvalue weighted by molar-refractivity contribution is -0.108. The van der Waals surface area contributed by atoms with Gasteiger partial charge in [-0.05, 0) is 0 Å². The van der Waals surface area contributed by atoms with Gasteiger partial charge in [-0.15, -0.1) is 0 Å². The summed E-state index contributed by atoms with van der Waals surface area (Å²) in [6, 6.07) is 0. The number of carbonyl (C=O) groups is 1. The molecule has 0 heterocycles. The Morgan fingerprint density at radius 2 is 2.14 bits per heavy atom. The quantitative estimate of drug-likeness (QED) is 0.569. The van der Waals surface area contributed by atoms with Gasteiger partial charge in [0.15, 0.2) is 0 Å². The number of halogens is 2. The third kappa shape index (κ3) is 5.79. The Morgan fingerprint density at radius 1 is 1.57 bits per heavy atom. The minimum atomic E-state index is 0.0344. The number of carbonyl (C=O) groups excluding carboxylic acids is 1. The smallest absolute Gasteiger partial charge is 0.211 e. The predicted molar refractivity (Wildman–Crippen MR) is 29.0 cm³/mol. The van der Waals surface area contributed by atoms with E-state index in [0.29, 0.717) is 6.41 Å². The SMILES string of the molecule is O=CNC=C(Cl)Cl. The van der Waals surface area contributed by atoms with Crippen molar-refractivity contribution in [2.45, 2.75) is 0 Å². The Kier molecular flexibility index (Phi) is 3.84. The first-order valence-electron chi connectivity index (χ1n) is 1.48. The fraction of sp³-hybridized carbons (Fsp3) is 0. The second kappa shape index (κ2) is 3.96. The van der Waals surface area contributed by atoms with Gasteiger partial charge >= 0.3 is 0 Å². The van der Waals surface area contributed by atoms with E-state index in [1.54, 1.807) is 0 Å². The highest BCUT2D eigenvalue weighted by atomic mass is 35.5. The first kappa shape index (κ1) is 6.79. The van der Waals surface area contributed by atoms with Gasteiger partial charge in [-0.1, -0.05) is 23.2 Å². The molecule has 4 heteroatoms. The van der Waals surface area contributed by atoms with Crippen molar-refractivity contribution in [3.8, 4) is 0 Å². The molecule has 1 N–H and O–H groups in total. The third-order valence-corrected chi connectivity index (χ3v) is 0.479. The summed E-state index contributed by atoms with van der Waals surface area (Å²) in [7, 11) is 0. The molecule has 0 aliphatic heterocycles. The molecule has 2 nitrogen and oxygen atoms in total. The Labute approximate surface area is 51.1 Å². The van der Waals surface area contributed by atoms with Crippen LogP contribution in [0.3, 0.4) is 0 Å². The maximum atomic E-state index is 9.44. The molecule has 0 spiro atoms. The van der Waals surface area contributed by atoms with Crippen molar-refractivity contribution in [3.05, 3.63) is 10.7 Å². The van der Waals surface area contributed by atoms with Gasteiger partial charge in [0.1, 0.15) is 4.49 Å². The van der Waals surface area contributed by atoms with Gasteiger partial charge in [-0.3, -0.25) is 4.79 Å². The van der Waals surface area contributed by atoms with Crippen LogP contribution < -0.4 is 5.32 Å². The Hall–Kier alpha value is -0.210. The Bertz CT molecular complexity index is 86.9. The van der Waals surface area contributed by atoms with Gasteiger partial charge in [0, 0.05) is 6.20 Å². The van der Waals surface area contributed by atoms with Gasteiger partial charge in [0.25, 0.3) is 0 Å². The van der Waals surface area contributed by atoms with Crippen molar-refractivity contribution < 1.29 is 4.79 Å². The van der Waals surface area contributed by atoms with Gasteiger partial charge in [0.2, 0.25) is 6.41 Å². The van der Waals surface area contributed by atoms with E-state index in [-0.39, 0.29) is 4.49 Å². The van der Waals surface area contributed by atoms with Crippen molar-refractivity contribution >= 4 is 29.6 Å². The number of nitrogens with one attached hydrogen (secondary N) is 1. The average Bonchev–Trinajstić information content (AvgIpc) is 1.61. The molecular formula is C3H3Cl2NO. The van der Waals surface area contributed by atoms with Crippen LogP contribution in [0.15, 0.2) is 10.7 Å². The lowest BCUT2D eigenvalue weighted by Crippen LogP contribution is -1.98. The summed E-state index contributed by atoms with van der Waals surface area (Å²) in [5.74, 6) is 0. The van der Waals surface area contributed by atoms with E-state index < -0.39 is 0 Å². The molecule has 0 aromatic rings. The molecule has 0 saturated carbocycles. The van der Waals surface area contributed by atoms with Crippen LogP contribution >= 0.6 is 23.2 Å². The standard InChI is InChI=1S/C3H3Cl2NO/c4-3(5)1-6-2-7/h1-2H,(H,6,7). The highest BCUT2D eigenvalue weighted by Gasteiger charge is 1.75. The second-order valence-electron chi connectivity index (χ2n) is 0.719. The molecule has 0 aromatic heterocycles. The topological polar surface area (TPSA) is 29.1 Å². The zero-order chi connectivity index (χ0) is 5.70. The summed E-state index contributed by atoms with van der Waals surface area (Å²) in [4.78, 5) is 9.44. The average molecular weight is 140 g/mol. The fourth-order valence-electron chi connectivity index (χ4n) is 0.0970. The molecule has 0 aromatic carbocycles. The number of hydrogen-bond donors (Lipinski definition) is 1. The normalized spacial score (nSPS) is 7.14. The van der Waals surface area contributed by atoms with E-state index in [1.807, 2.05) is 0 Å². The molecule has 0 radical (unpaired) electrons. The van der Waals surface area contributed by atoms with Gasteiger partial charge in [-0.2, -0.15) is 0 Å².